The lowest BCUT2D eigenvalue weighted by Gasteiger charge is -2.28. The van der Waals surface area contributed by atoms with E-state index in [2.05, 4.69) is 20.1 Å². The Kier molecular flexibility index (Phi) is 13.0. The fourth-order valence-electron chi connectivity index (χ4n) is 6.13. The van der Waals surface area contributed by atoms with Crippen molar-refractivity contribution in [2.24, 2.45) is 5.92 Å². The molecule has 9 heteroatoms. The van der Waals surface area contributed by atoms with Crippen LogP contribution in [0.3, 0.4) is 0 Å². The molecule has 0 bridgehead atoms. The SMILES string of the molecule is C=C(CO)C(=O)OCC(COC(O)C(=C)CO)c1ccc(-c2c(F)cc(-c3ccc(C4CCC(CCC)CC4)cc3F)cc2F)cc1. The van der Waals surface area contributed by atoms with Crippen molar-refractivity contribution in [1.82, 2.24) is 0 Å². The number of aliphatic hydroxyl groups excluding tert-OH is 3. The molecule has 3 aromatic rings. The van der Waals surface area contributed by atoms with Gasteiger partial charge in [0, 0.05) is 17.1 Å². The van der Waals surface area contributed by atoms with E-state index in [0.29, 0.717) is 5.56 Å². The van der Waals surface area contributed by atoms with Gasteiger partial charge in [-0.1, -0.05) is 69.3 Å². The maximum atomic E-state index is 15.5. The Bertz CT molecular complexity index is 1520. The van der Waals surface area contributed by atoms with Crippen molar-refractivity contribution in [1.29, 1.82) is 0 Å². The Labute approximate surface area is 274 Å². The summed E-state index contributed by atoms with van der Waals surface area (Å²) in [4.78, 5) is 12.1. The summed E-state index contributed by atoms with van der Waals surface area (Å²) in [7, 11) is 0. The number of carbonyl (C=O) groups is 1. The molecule has 3 aromatic carbocycles. The van der Waals surface area contributed by atoms with Gasteiger partial charge in [-0.25, -0.2) is 18.0 Å². The summed E-state index contributed by atoms with van der Waals surface area (Å²) in [5, 5.41) is 28.4. The molecule has 0 amide bonds. The molecule has 3 N–H and O–H groups in total. The predicted octanol–water partition coefficient (Wildman–Crippen LogP) is 7.57. The number of carbonyl (C=O) groups excluding carboxylic acids is 1. The van der Waals surface area contributed by atoms with E-state index in [0.717, 1.165) is 49.3 Å². The Morgan fingerprint density at radius 3 is 2.11 bits per heavy atom. The van der Waals surface area contributed by atoms with Crippen LogP contribution >= 0.6 is 0 Å². The molecule has 6 nitrogen and oxygen atoms in total. The van der Waals surface area contributed by atoms with Gasteiger partial charge in [0.05, 0.1) is 31.0 Å². The molecule has 1 aliphatic carbocycles. The Balaban J connectivity index is 1.52. The van der Waals surface area contributed by atoms with Crippen LogP contribution in [-0.2, 0) is 14.3 Å². The quantitative estimate of drug-likeness (QED) is 0.0679. The van der Waals surface area contributed by atoms with Gasteiger partial charge in [-0.2, -0.15) is 0 Å². The first kappa shape index (κ1) is 36.1. The average molecular weight is 653 g/mol. The molecule has 0 saturated heterocycles. The molecule has 252 valence electrons. The zero-order valence-corrected chi connectivity index (χ0v) is 26.7. The Morgan fingerprint density at radius 1 is 0.872 bits per heavy atom. The summed E-state index contributed by atoms with van der Waals surface area (Å²) in [6.07, 6.45) is 5.21. The minimum absolute atomic E-state index is 0.0275. The van der Waals surface area contributed by atoms with Crippen molar-refractivity contribution in [3.05, 3.63) is 107 Å². The standard InChI is InChI=1S/C38H43F3O6/c1-4-5-25-6-8-26(9-7-25)29-14-15-32(33(39)16-29)30-17-34(40)36(35(41)18-30)28-12-10-27(11-13-28)31(21-46-37(44)23(2)19-42)22-47-38(45)24(3)20-43/h10-18,25-26,31,37,42-44H,2-9,19-22H2,1H3. The lowest BCUT2D eigenvalue weighted by molar-refractivity contribution is -0.141. The van der Waals surface area contributed by atoms with Crippen molar-refractivity contribution in [2.45, 2.75) is 63.6 Å². The number of benzene rings is 3. The van der Waals surface area contributed by atoms with Gasteiger partial charge in [-0.05, 0) is 78.0 Å². The second-order valence-corrected chi connectivity index (χ2v) is 12.2. The molecule has 0 heterocycles. The molecule has 0 aliphatic heterocycles. The first-order chi connectivity index (χ1) is 22.6. The molecule has 1 saturated carbocycles. The molecule has 0 aromatic heterocycles. The van der Waals surface area contributed by atoms with Crippen LogP contribution in [0.5, 0.6) is 0 Å². The number of ether oxygens (including phenoxy) is 2. The molecular formula is C38H43F3O6. The molecule has 1 aliphatic rings. The van der Waals surface area contributed by atoms with Crippen molar-refractivity contribution < 1.29 is 42.8 Å². The molecule has 4 rings (SSSR count). The number of hydrogen-bond donors (Lipinski definition) is 3. The first-order valence-corrected chi connectivity index (χ1v) is 16.0. The number of aliphatic hydroxyl groups is 3. The lowest BCUT2D eigenvalue weighted by atomic mass is 9.77. The van der Waals surface area contributed by atoms with Crippen molar-refractivity contribution in [3.8, 4) is 22.3 Å². The van der Waals surface area contributed by atoms with E-state index >= 15 is 13.2 Å². The Hall–Kier alpha value is -3.76. The van der Waals surface area contributed by atoms with Crippen molar-refractivity contribution >= 4 is 5.97 Å². The molecule has 0 spiro atoms. The molecular weight excluding hydrogens is 609 g/mol. The van der Waals surface area contributed by atoms with Crippen LogP contribution in [0.4, 0.5) is 13.2 Å². The fourth-order valence-corrected chi connectivity index (χ4v) is 6.13. The normalized spacial score (nSPS) is 17.6. The van der Waals surface area contributed by atoms with Crippen LogP contribution in [0.25, 0.3) is 22.3 Å². The van der Waals surface area contributed by atoms with E-state index in [1.165, 1.54) is 31.0 Å². The third kappa shape index (κ3) is 9.20. The number of esters is 1. The van der Waals surface area contributed by atoms with Crippen LogP contribution in [0.15, 0.2) is 78.9 Å². The van der Waals surface area contributed by atoms with Gasteiger partial charge < -0.3 is 24.8 Å². The zero-order valence-electron chi connectivity index (χ0n) is 26.7. The summed E-state index contributed by atoms with van der Waals surface area (Å²) < 4.78 is 56.8. The number of hydrogen-bond acceptors (Lipinski definition) is 6. The van der Waals surface area contributed by atoms with E-state index in [4.69, 9.17) is 14.6 Å². The highest BCUT2D eigenvalue weighted by atomic mass is 19.1. The monoisotopic (exact) mass is 652 g/mol. The van der Waals surface area contributed by atoms with E-state index in [-0.39, 0.29) is 52.5 Å². The maximum Gasteiger partial charge on any atom is 0.335 e. The van der Waals surface area contributed by atoms with Crippen LogP contribution < -0.4 is 0 Å². The maximum absolute atomic E-state index is 15.5. The second-order valence-electron chi connectivity index (χ2n) is 12.2. The van der Waals surface area contributed by atoms with Gasteiger partial charge in [0.25, 0.3) is 0 Å². The zero-order chi connectivity index (χ0) is 34.1. The summed E-state index contributed by atoms with van der Waals surface area (Å²) in [5.41, 5.74) is 1.52. The highest BCUT2D eigenvalue weighted by molar-refractivity contribution is 5.87. The Morgan fingerprint density at radius 2 is 1.53 bits per heavy atom. The lowest BCUT2D eigenvalue weighted by Crippen LogP contribution is -2.24. The average Bonchev–Trinajstić information content (AvgIpc) is 3.07. The minimum Gasteiger partial charge on any atom is -0.462 e. The second kappa shape index (κ2) is 16.9. The van der Waals surface area contributed by atoms with Crippen LogP contribution in [0, 0.1) is 23.4 Å². The third-order valence-corrected chi connectivity index (χ3v) is 8.93. The highest BCUT2D eigenvalue weighted by Crippen LogP contribution is 2.39. The largest absolute Gasteiger partial charge is 0.462 e. The first-order valence-electron chi connectivity index (χ1n) is 16.0. The van der Waals surface area contributed by atoms with Crippen LogP contribution in [0.2, 0.25) is 0 Å². The predicted molar refractivity (Wildman–Crippen MR) is 175 cm³/mol. The molecule has 2 unspecified atom stereocenters. The van der Waals surface area contributed by atoms with E-state index in [1.54, 1.807) is 18.2 Å². The molecule has 2 atom stereocenters. The number of halogens is 3. The smallest absolute Gasteiger partial charge is 0.335 e. The molecule has 0 radical (unpaired) electrons. The van der Waals surface area contributed by atoms with Crippen LogP contribution in [-0.4, -0.2) is 54.0 Å². The van der Waals surface area contributed by atoms with Crippen molar-refractivity contribution in [3.63, 3.8) is 0 Å². The van der Waals surface area contributed by atoms with Gasteiger partial charge >= 0.3 is 5.97 Å². The molecule has 1 fully saturated rings. The number of rotatable bonds is 15. The van der Waals surface area contributed by atoms with E-state index < -0.39 is 48.8 Å². The van der Waals surface area contributed by atoms with Gasteiger partial charge in [-0.15, -0.1) is 0 Å². The van der Waals surface area contributed by atoms with Gasteiger partial charge in [-0.3, -0.25) is 0 Å². The van der Waals surface area contributed by atoms with Gasteiger partial charge in [0.15, 0.2) is 6.29 Å². The highest BCUT2D eigenvalue weighted by Gasteiger charge is 2.24. The van der Waals surface area contributed by atoms with Crippen LogP contribution in [0.1, 0.15) is 68.4 Å². The third-order valence-electron chi connectivity index (χ3n) is 8.93. The summed E-state index contributed by atoms with van der Waals surface area (Å²) >= 11 is 0. The summed E-state index contributed by atoms with van der Waals surface area (Å²) in [5.74, 6) is -2.67. The van der Waals surface area contributed by atoms with E-state index in [9.17, 15) is 15.0 Å². The molecule has 47 heavy (non-hydrogen) atoms. The minimum atomic E-state index is -1.47. The fraction of sp³-hybridized carbons (Fsp3) is 0.395. The summed E-state index contributed by atoms with van der Waals surface area (Å²) in [6, 6.07) is 13.3. The van der Waals surface area contributed by atoms with E-state index in [1.807, 2.05) is 6.07 Å². The topological polar surface area (TPSA) is 96.2 Å². The van der Waals surface area contributed by atoms with Crippen molar-refractivity contribution in [2.75, 3.05) is 26.4 Å². The summed E-state index contributed by atoms with van der Waals surface area (Å²) in [6.45, 7) is 7.66. The van der Waals surface area contributed by atoms with Gasteiger partial charge in [0.2, 0.25) is 0 Å². The van der Waals surface area contributed by atoms with Gasteiger partial charge in [0.1, 0.15) is 24.1 Å².